The molecule has 2 rings (SSSR count). The lowest BCUT2D eigenvalue weighted by Crippen LogP contribution is -2.35. The number of amides is 1. The van der Waals surface area contributed by atoms with Crippen molar-refractivity contribution in [1.82, 2.24) is 5.32 Å². The van der Waals surface area contributed by atoms with Gasteiger partial charge in [0, 0.05) is 17.2 Å². The Kier molecular flexibility index (Phi) is 7.09. The van der Waals surface area contributed by atoms with Crippen LogP contribution in [0, 0.1) is 0 Å². The summed E-state index contributed by atoms with van der Waals surface area (Å²) < 4.78 is 5.09. The molecule has 2 aromatic rings. The predicted molar refractivity (Wildman–Crippen MR) is 99.1 cm³/mol. The summed E-state index contributed by atoms with van der Waals surface area (Å²) in [5.74, 6) is -1.31. The summed E-state index contributed by atoms with van der Waals surface area (Å²) in [6, 6.07) is 15.2. The molecule has 0 aromatic heterocycles. The highest BCUT2D eigenvalue weighted by atomic mass is 16.5. The number of nitrogens with one attached hydrogen (secondary N) is 1. The number of hydrogen-bond donors (Lipinski definition) is 1. The Bertz CT molecular complexity index is 771. The average molecular weight is 353 g/mol. The van der Waals surface area contributed by atoms with Crippen molar-refractivity contribution in [2.24, 2.45) is 0 Å². The fraction of sp³-hybridized carbons (Fsp3) is 0.286. The summed E-state index contributed by atoms with van der Waals surface area (Å²) >= 11 is 0. The molecule has 0 aliphatic heterocycles. The van der Waals surface area contributed by atoms with Gasteiger partial charge in [0.15, 0.2) is 12.4 Å². The second-order valence-electron chi connectivity index (χ2n) is 6.07. The normalized spacial score (nSPS) is 11.5. The van der Waals surface area contributed by atoms with E-state index in [-0.39, 0.29) is 35.5 Å². The molecule has 0 saturated heterocycles. The fourth-order valence-electron chi connectivity index (χ4n) is 2.63. The molecule has 1 atom stereocenters. The molecule has 0 bridgehead atoms. The molecule has 2 aromatic carbocycles. The number of rotatable bonds is 8. The zero-order chi connectivity index (χ0) is 18.9. The monoisotopic (exact) mass is 353 g/mol. The third-order valence-electron chi connectivity index (χ3n) is 3.89. The maximum Gasteiger partial charge on any atom is 0.339 e. The zero-order valence-electron chi connectivity index (χ0n) is 15.0. The molecule has 0 heterocycles. The third kappa shape index (κ3) is 5.28. The Morgan fingerprint density at radius 3 is 2.23 bits per heavy atom. The van der Waals surface area contributed by atoms with E-state index in [0.29, 0.717) is 5.56 Å². The molecule has 5 heteroatoms. The van der Waals surface area contributed by atoms with Crippen LogP contribution in [0.1, 0.15) is 53.0 Å². The van der Waals surface area contributed by atoms with Gasteiger partial charge in [0.05, 0.1) is 5.56 Å². The van der Waals surface area contributed by atoms with Crippen LogP contribution < -0.4 is 5.32 Å². The van der Waals surface area contributed by atoms with Crippen molar-refractivity contribution < 1.29 is 19.1 Å². The average Bonchev–Trinajstić information content (AvgIpc) is 2.66. The van der Waals surface area contributed by atoms with E-state index < -0.39 is 5.97 Å². The van der Waals surface area contributed by atoms with E-state index in [4.69, 9.17) is 4.74 Å². The molecule has 1 N–H and O–H groups in total. The standard InChI is InChI=1S/C21H23NO4/c1-3-9-15(2)22-19(23)14-26-21(25)18-13-8-7-12-17(18)20(24)16-10-5-4-6-11-16/h4-8,10-13,15H,3,9,14H2,1-2H3,(H,22,23)/t15-/m1/s1. The second kappa shape index (κ2) is 9.51. The van der Waals surface area contributed by atoms with Gasteiger partial charge in [0.2, 0.25) is 0 Å². The number of esters is 1. The van der Waals surface area contributed by atoms with Crippen LogP contribution >= 0.6 is 0 Å². The molecule has 5 nitrogen and oxygen atoms in total. The van der Waals surface area contributed by atoms with Gasteiger partial charge < -0.3 is 10.1 Å². The zero-order valence-corrected chi connectivity index (χ0v) is 15.0. The van der Waals surface area contributed by atoms with E-state index in [1.807, 2.05) is 19.9 Å². The first kappa shape index (κ1) is 19.4. The Morgan fingerprint density at radius 1 is 0.962 bits per heavy atom. The lowest BCUT2D eigenvalue weighted by molar-refractivity contribution is -0.124. The molecule has 0 spiro atoms. The van der Waals surface area contributed by atoms with Gasteiger partial charge in [0.1, 0.15) is 0 Å². The van der Waals surface area contributed by atoms with Crippen LogP contribution in [0.25, 0.3) is 0 Å². The highest BCUT2D eigenvalue weighted by molar-refractivity contribution is 6.14. The van der Waals surface area contributed by atoms with Gasteiger partial charge in [-0.1, -0.05) is 61.9 Å². The number of benzene rings is 2. The predicted octanol–water partition coefficient (Wildman–Crippen LogP) is 3.38. The van der Waals surface area contributed by atoms with E-state index in [9.17, 15) is 14.4 Å². The van der Waals surface area contributed by atoms with Gasteiger partial charge >= 0.3 is 5.97 Å². The number of ketones is 1. The smallest absolute Gasteiger partial charge is 0.339 e. The number of hydrogen-bond acceptors (Lipinski definition) is 4. The molecule has 0 radical (unpaired) electrons. The van der Waals surface area contributed by atoms with Gasteiger partial charge in [-0.2, -0.15) is 0 Å². The summed E-state index contributed by atoms with van der Waals surface area (Å²) in [5.41, 5.74) is 0.887. The van der Waals surface area contributed by atoms with Crippen molar-refractivity contribution >= 4 is 17.7 Å². The van der Waals surface area contributed by atoms with E-state index >= 15 is 0 Å². The van der Waals surface area contributed by atoms with E-state index in [1.165, 1.54) is 6.07 Å². The summed E-state index contributed by atoms with van der Waals surface area (Å²) in [6.07, 6.45) is 1.81. The minimum Gasteiger partial charge on any atom is -0.452 e. The Balaban J connectivity index is 2.06. The first-order valence-corrected chi connectivity index (χ1v) is 8.68. The summed E-state index contributed by atoms with van der Waals surface area (Å²) in [7, 11) is 0. The molecule has 0 fully saturated rings. The maximum atomic E-state index is 12.6. The highest BCUT2D eigenvalue weighted by Gasteiger charge is 2.20. The number of carbonyl (C=O) groups is 3. The lowest BCUT2D eigenvalue weighted by Gasteiger charge is -2.13. The van der Waals surface area contributed by atoms with Crippen molar-refractivity contribution in [2.45, 2.75) is 32.7 Å². The van der Waals surface area contributed by atoms with Crippen LogP contribution in [0.3, 0.4) is 0 Å². The lowest BCUT2D eigenvalue weighted by atomic mass is 9.98. The molecule has 0 aliphatic rings. The van der Waals surface area contributed by atoms with Crippen LogP contribution in [-0.2, 0) is 9.53 Å². The Morgan fingerprint density at radius 2 is 1.58 bits per heavy atom. The highest BCUT2D eigenvalue weighted by Crippen LogP contribution is 2.15. The third-order valence-corrected chi connectivity index (χ3v) is 3.89. The summed E-state index contributed by atoms with van der Waals surface area (Å²) in [6.45, 7) is 3.56. The van der Waals surface area contributed by atoms with E-state index in [1.54, 1.807) is 42.5 Å². The quantitative estimate of drug-likeness (QED) is 0.583. The van der Waals surface area contributed by atoms with Crippen molar-refractivity contribution in [1.29, 1.82) is 0 Å². The maximum absolute atomic E-state index is 12.6. The fourth-order valence-corrected chi connectivity index (χ4v) is 2.63. The molecule has 0 aliphatic carbocycles. The van der Waals surface area contributed by atoms with Crippen LogP contribution in [-0.4, -0.2) is 30.3 Å². The number of ether oxygens (including phenoxy) is 1. The molecule has 0 saturated carbocycles. The van der Waals surface area contributed by atoms with Crippen molar-refractivity contribution in [3.8, 4) is 0 Å². The first-order chi connectivity index (χ1) is 12.5. The Labute approximate surface area is 153 Å². The number of carbonyl (C=O) groups excluding carboxylic acids is 3. The van der Waals surface area contributed by atoms with Gasteiger partial charge in [-0.3, -0.25) is 9.59 Å². The van der Waals surface area contributed by atoms with Crippen LogP contribution in [0.5, 0.6) is 0 Å². The first-order valence-electron chi connectivity index (χ1n) is 8.68. The second-order valence-corrected chi connectivity index (χ2v) is 6.07. The molecule has 26 heavy (non-hydrogen) atoms. The van der Waals surface area contributed by atoms with E-state index in [0.717, 1.165) is 12.8 Å². The SMILES string of the molecule is CCC[C@@H](C)NC(=O)COC(=O)c1ccccc1C(=O)c1ccccc1. The molecule has 1 amide bonds. The topological polar surface area (TPSA) is 72.5 Å². The van der Waals surface area contributed by atoms with Gasteiger partial charge in [-0.25, -0.2) is 4.79 Å². The van der Waals surface area contributed by atoms with Crippen molar-refractivity contribution in [2.75, 3.05) is 6.61 Å². The van der Waals surface area contributed by atoms with Gasteiger partial charge in [-0.15, -0.1) is 0 Å². The summed E-state index contributed by atoms with van der Waals surface area (Å²) in [5, 5.41) is 2.77. The largest absolute Gasteiger partial charge is 0.452 e. The molecule has 136 valence electrons. The molecular weight excluding hydrogens is 330 g/mol. The van der Waals surface area contributed by atoms with Crippen LogP contribution in [0.4, 0.5) is 0 Å². The van der Waals surface area contributed by atoms with E-state index in [2.05, 4.69) is 5.32 Å². The van der Waals surface area contributed by atoms with Gasteiger partial charge in [-0.05, 0) is 19.4 Å². The molecular formula is C21H23NO4. The van der Waals surface area contributed by atoms with Crippen molar-refractivity contribution in [3.05, 3.63) is 71.3 Å². The Hall–Kier alpha value is -2.95. The minimum absolute atomic E-state index is 0.0261. The van der Waals surface area contributed by atoms with Crippen molar-refractivity contribution in [3.63, 3.8) is 0 Å². The summed E-state index contributed by atoms with van der Waals surface area (Å²) in [4.78, 5) is 36.9. The van der Waals surface area contributed by atoms with Crippen LogP contribution in [0.15, 0.2) is 54.6 Å². The molecule has 0 unspecified atom stereocenters. The van der Waals surface area contributed by atoms with Gasteiger partial charge in [0.25, 0.3) is 5.91 Å². The van der Waals surface area contributed by atoms with Crippen LogP contribution in [0.2, 0.25) is 0 Å². The minimum atomic E-state index is -0.692.